The molecule has 2 aromatic rings. The lowest BCUT2D eigenvalue weighted by molar-refractivity contribution is 0.952. The fourth-order valence-electron chi connectivity index (χ4n) is 3.15. The summed E-state index contributed by atoms with van der Waals surface area (Å²) in [5.74, 6) is 0. The molecule has 29 heavy (non-hydrogen) atoms. The Morgan fingerprint density at radius 3 is 1.24 bits per heavy atom. The largest absolute Gasteiger partial charge is 0.364 e. The van der Waals surface area contributed by atoms with Crippen molar-refractivity contribution in [2.45, 2.75) is 6.42 Å². The van der Waals surface area contributed by atoms with Crippen molar-refractivity contribution >= 4 is 43.2 Å². The van der Waals surface area contributed by atoms with Crippen LogP contribution < -0.4 is 9.80 Å². The zero-order chi connectivity index (χ0) is 21.2. The molecule has 2 nitrogen and oxygen atoms in total. The molecule has 4 heteroatoms. The molecule has 0 N–H and O–H groups in total. The number of hydrogen-bond acceptors (Lipinski definition) is 2. The van der Waals surface area contributed by atoms with Gasteiger partial charge in [-0.2, -0.15) is 0 Å². The van der Waals surface area contributed by atoms with Gasteiger partial charge in [-0.05, 0) is 41.8 Å². The smallest absolute Gasteiger partial charge is 0.0383 e. The topological polar surface area (TPSA) is 6.48 Å². The Labute approximate surface area is 192 Å². The van der Waals surface area contributed by atoms with Crippen LogP contribution in [0, 0.1) is 0 Å². The number of anilines is 2. The van der Waals surface area contributed by atoms with Gasteiger partial charge in [0.1, 0.15) is 0 Å². The van der Waals surface area contributed by atoms with Crippen LogP contribution in [0.2, 0.25) is 0 Å². The van der Waals surface area contributed by atoms with E-state index < -0.39 is 0 Å². The first kappa shape index (κ1) is 23.2. The molecule has 0 bridgehead atoms. The molecule has 0 fully saturated rings. The molecule has 0 saturated heterocycles. The number of rotatable bonds is 12. The third-order valence-electron chi connectivity index (χ3n) is 4.58. The lowest BCUT2D eigenvalue weighted by atomic mass is 10.0. The van der Waals surface area contributed by atoms with Crippen LogP contribution in [0.3, 0.4) is 0 Å². The Hall–Kier alpha value is -2.04. The van der Waals surface area contributed by atoms with Crippen molar-refractivity contribution in [2.24, 2.45) is 0 Å². The summed E-state index contributed by atoms with van der Waals surface area (Å²) in [6.07, 6.45) is 8.48. The van der Waals surface area contributed by atoms with E-state index in [0.717, 1.165) is 52.9 Å². The van der Waals surface area contributed by atoms with Crippen LogP contribution in [0.5, 0.6) is 0 Å². The Morgan fingerprint density at radius 2 is 0.966 bits per heavy atom. The van der Waals surface area contributed by atoms with E-state index in [1.54, 1.807) is 0 Å². The monoisotopic (exact) mass is 514 g/mol. The van der Waals surface area contributed by atoms with E-state index in [1.165, 1.54) is 11.1 Å². The predicted octanol–water partition coefficient (Wildman–Crippen LogP) is 7.16. The molecule has 0 aliphatic carbocycles. The first-order chi connectivity index (χ1) is 14.0. The molecule has 0 aliphatic rings. The van der Waals surface area contributed by atoms with Crippen molar-refractivity contribution in [2.75, 3.05) is 36.0 Å². The normalized spacial score (nSPS) is 10.3. The van der Waals surface area contributed by atoms with Crippen LogP contribution in [-0.4, -0.2) is 26.2 Å². The van der Waals surface area contributed by atoms with E-state index in [1.807, 2.05) is 24.3 Å². The van der Waals surface area contributed by atoms with Crippen molar-refractivity contribution in [1.29, 1.82) is 0 Å². The van der Waals surface area contributed by atoms with Gasteiger partial charge in [-0.15, -0.1) is 26.3 Å². The zero-order valence-corrected chi connectivity index (χ0v) is 20.0. The summed E-state index contributed by atoms with van der Waals surface area (Å²) in [6.45, 7) is 18.6. The molecule has 0 aromatic heterocycles. The Bertz CT molecular complexity index is 782. The minimum Gasteiger partial charge on any atom is -0.364 e. The predicted molar refractivity (Wildman–Crippen MR) is 136 cm³/mol. The lowest BCUT2D eigenvalue weighted by Gasteiger charge is -2.23. The van der Waals surface area contributed by atoms with Crippen molar-refractivity contribution in [3.05, 3.63) is 107 Å². The standard InChI is InChI=1S/C25H28Br2N2/c1-5-13-28(14-6-2)22-11-9-20(24(26)18-22)17-21-10-12-23(19-25(21)27)29(15-7-3)16-8-4/h5-12,18-19H,1-4,13-17H2. The highest BCUT2D eigenvalue weighted by molar-refractivity contribution is 9.10. The van der Waals surface area contributed by atoms with Crippen LogP contribution >= 0.6 is 31.9 Å². The van der Waals surface area contributed by atoms with Crippen molar-refractivity contribution in [3.8, 4) is 0 Å². The summed E-state index contributed by atoms with van der Waals surface area (Å²) in [5.41, 5.74) is 4.79. The molecule has 2 rings (SSSR count). The highest BCUT2D eigenvalue weighted by atomic mass is 79.9. The van der Waals surface area contributed by atoms with E-state index in [2.05, 4.69) is 104 Å². The van der Waals surface area contributed by atoms with Crippen LogP contribution in [0.1, 0.15) is 11.1 Å². The van der Waals surface area contributed by atoms with E-state index in [0.29, 0.717) is 0 Å². The number of hydrogen-bond donors (Lipinski definition) is 0. The van der Waals surface area contributed by atoms with E-state index >= 15 is 0 Å². The van der Waals surface area contributed by atoms with Gasteiger partial charge in [-0.25, -0.2) is 0 Å². The van der Waals surface area contributed by atoms with Gasteiger partial charge in [0.15, 0.2) is 0 Å². The van der Waals surface area contributed by atoms with Crippen molar-refractivity contribution < 1.29 is 0 Å². The minimum absolute atomic E-state index is 0.788. The molecular weight excluding hydrogens is 488 g/mol. The highest BCUT2D eigenvalue weighted by Crippen LogP contribution is 2.30. The summed E-state index contributed by atoms with van der Waals surface area (Å²) in [7, 11) is 0. The molecule has 0 amide bonds. The number of nitrogens with zero attached hydrogens (tertiary/aromatic N) is 2. The molecule has 152 valence electrons. The van der Waals surface area contributed by atoms with Gasteiger partial charge in [-0.3, -0.25) is 0 Å². The van der Waals surface area contributed by atoms with Gasteiger partial charge in [-0.1, -0.05) is 68.3 Å². The summed E-state index contributed by atoms with van der Waals surface area (Å²) in [4.78, 5) is 4.46. The number of benzene rings is 2. The second-order valence-electron chi connectivity index (χ2n) is 6.69. The molecule has 2 aromatic carbocycles. The average Bonchev–Trinajstić information content (AvgIpc) is 2.70. The minimum atomic E-state index is 0.788. The summed E-state index contributed by atoms with van der Waals surface area (Å²) in [5, 5.41) is 0. The molecule has 0 unspecified atom stereocenters. The maximum absolute atomic E-state index is 3.85. The molecule has 0 atom stereocenters. The molecule has 0 radical (unpaired) electrons. The molecule has 0 aliphatic heterocycles. The SMILES string of the molecule is C=CCN(CC=C)c1ccc(Cc2ccc(N(CC=C)CC=C)cc2Br)c(Br)c1. The van der Waals surface area contributed by atoms with Gasteiger partial charge in [0.2, 0.25) is 0 Å². The molecule has 0 heterocycles. The first-order valence-electron chi connectivity index (χ1n) is 9.54. The average molecular weight is 516 g/mol. The van der Waals surface area contributed by atoms with Crippen molar-refractivity contribution in [1.82, 2.24) is 0 Å². The summed E-state index contributed by atoms with van der Waals surface area (Å²) >= 11 is 7.51. The van der Waals surface area contributed by atoms with Gasteiger partial charge in [0.25, 0.3) is 0 Å². The van der Waals surface area contributed by atoms with Gasteiger partial charge >= 0.3 is 0 Å². The van der Waals surface area contributed by atoms with E-state index in [4.69, 9.17) is 0 Å². The second kappa shape index (κ2) is 11.8. The lowest BCUT2D eigenvalue weighted by Crippen LogP contribution is -2.23. The summed E-state index contributed by atoms with van der Waals surface area (Å²) < 4.78 is 2.20. The maximum Gasteiger partial charge on any atom is 0.0383 e. The Balaban J connectivity index is 2.22. The zero-order valence-electron chi connectivity index (χ0n) is 16.8. The number of halogens is 2. The van der Waals surface area contributed by atoms with E-state index in [9.17, 15) is 0 Å². The second-order valence-corrected chi connectivity index (χ2v) is 8.40. The van der Waals surface area contributed by atoms with Crippen molar-refractivity contribution in [3.63, 3.8) is 0 Å². The maximum atomic E-state index is 3.85. The third kappa shape index (κ3) is 6.48. The van der Waals surface area contributed by atoms with Gasteiger partial charge in [0.05, 0.1) is 0 Å². The third-order valence-corrected chi connectivity index (χ3v) is 6.06. The molecular formula is C25H28Br2N2. The molecule has 0 spiro atoms. The van der Waals surface area contributed by atoms with Crippen LogP contribution in [0.25, 0.3) is 0 Å². The molecule has 0 saturated carbocycles. The van der Waals surface area contributed by atoms with Crippen LogP contribution in [0.15, 0.2) is 96.0 Å². The van der Waals surface area contributed by atoms with Gasteiger partial charge in [0, 0.05) is 46.5 Å². The van der Waals surface area contributed by atoms with Crippen LogP contribution in [0.4, 0.5) is 11.4 Å². The highest BCUT2D eigenvalue weighted by Gasteiger charge is 2.11. The fourth-order valence-corrected chi connectivity index (χ4v) is 4.17. The van der Waals surface area contributed by atoms with E-state index in [-0.39, 0.29) is 0 Å². The van der Waals surface area contributed by atoms with Gasteiger partial charge < -0.3 is 9.80 Å². The first-order valence-corrected chi connectivity index (χ1v) is 11.1. The Kier molecular flexibility index (Phi) is 9.49. The summed E-state index contributed by atoms with van der Waals surface area (Å²) in [6, 6.07) is 13.0. The fraction of sp³-hybridized carbons (Fsp3) is 0.200. The quantitative estimate of drug-likeness (QED) is 0.277. The van der Waals surface area contributed by atoms with Crippen LogP contribution in [-0.2, 0) is 6.42 Å². The Morgan fingerprint density at radius 1 is 0.621 bits per heavy atom.